The Kier molecular flexibility index (Phi) is 2.55. The first-order chi connectivity index (χ1) is 4.67. The smallest absolute Gasteiger partial charge is 0.140 e. The van der Waals surface area contributed by atoms with Crippen molar-refractivity contribution in [1.29, 1.82) is 0 Å². The fourth-order valence-electron chi connectivity index (χ4n) is 1.03. The summed E-state index contributed by atoms with van der Waals surface area (Å²) >= 11 is 11.6. The monoisotopic (exact) mass is 181 g/mol. The SMILES string of the molecule is O=CC1NCCCC1(Cl)Cl. The molecule has 1 fully saturated rings. The largest absolute Gasteiger partial charge is 0.305 e. The van der Waals surface area contributed by atoms with E-state index in [2.05, 4.69) is 5.32 Å². The van der Waals surface area contributed by atoms with Crippen molar-refractivity contribution >= 4 is 29.5 Å². The molecule has 58 valence electrons. The van der Waals surface area contributed by atoms with Gasteiger partial charge in [-0.25, -0.2) is 0 Å². The minimum absolute atomic E-state index is 0.399. The third kappa shape index (κ3) is 1.62. The molecule has 10 heavy (non-hydrogen) atoms. The highest BCUT2D eigenvalue weighted by atomic mass is 35.5. The first-order valence-electron chi connectivity index (χ1n) is 3.23. The number of hydrogen-bond donors (Lipinski definition) is 1. The maximum Gasteiger partial charge on any atom is 0.140 e. The molecule has 1 aliphatic rings. The van der Waals surface area contributed by atoms with Crippen LogP contribution in [-0.4, -0.2) is 23.2 Å². The van der Waals surface area contributed by atoms with Crippen molar-refractivity contribution in [2.75, 3.05) is 6.54 Å². The van der Waals surface area contributed by atoms with Crippen molar-refractivity contribution in [3.05, 3.63) is 0 Å². The van der Waals surface area contributed by atoms with E-state index >= 15 is 0 Å². The van der Waals surface area contributed by atoms with Crippen molar-refractivity contribution < 1.29 is 4.79 Å². The molecule has 0 spiro atoms. The Morgan fingerprint density at radius 1 is 1.60 bits per heavy atom. The summed E-state index contributed by atoms with van der Waals surface area (Å²) < 4.78 is -0.889. The van der Waals surface area contributed by atoms with Crippen LogP contribution < -0.4 is 5.32 Å². The number of hydrogen-bond acceptors (Lipinski definition) is 2. The van der Waals surface area contributed by atoms with E-state index in [1.54, 1.807) is 0 Å². The molecule has 2 nitrogen and oxygen atoms in total. The number of aldehydes is 1. The predicted molar refractivity (Wildman–Crippen MR) is 41.5 cm³/mol. The fourth-order valence-corrected chi connectivity index (χ4v) is 1.56. The lowest BCUT2D eigenvalue weighted by molar-refractivity contribution is -0.110. The standard InChI is InChI=1S/C6H9Cl2NO/c7-6(8)2-1-3-9-5(6)4-10/h4-5,9H,1-3H2. The van der Waals surface area contributed by atoms with Gasteiger partial charge in [-0.05, 0) is 19.4 Å². The molecule has 1 aliphatic heterocycles. The molecule has 0 bridgehead atoms. The summed E-state index contributed by atoms with van der Waals surface area (Å²) in [5, 5.41) is 2.93. The first kappa shape index (κ1) is 8.31. The molecule has 0 amide bonds. The molecule has 0 aliphatic carbocycles. The van der Waals surface area contributed by atoms with E-state index in [9.17, 15) is 4.79 Å². The van der Waals surface area contributed by atoms with Crippen LogP contribution >= 0.6 is 23.2 Å². The topological polar surface area (TPSA) is 29.1 Å². The Bertz CT molecular complexity index is 138. The van der Waals surface area contributed by atoms with E-state index in [0.717, 1.165) is 19.3 Å². The number of nitrogens with one attached hydrogen (secondary N) is 1. The van der Waals surface area contributed by atoms with Crippen LogP contribution in [0.4, 0.5) is 0 Å². The van der Waals surface area contributed by atoms with Gasteiger partial charge >= 0.3 is 0 Å². The highest BCUT2D eigenvalue weighted by Crippen LogP contribution is 2.32. The molecule has 0 radical (unpaired) electrons. The quantitative estimate of drug-likeness (QED) is 0.486. The van der Waals surface area contributed by atoms with Crippen molar-refractivity contribution in [2.24, 2.45) is 0 Å². The minimum Gasteiger partial charge on any atom is -0.305 e. The summed E-state index contributed by atoms with van der Waals surface area (Å²) in [7, 11) is 0. The summed E-state index contributed by atoms with van der Waals surface area (Å²) in [5.74, 6) is 0. The molecule has 1 saturated heterocycles. The van der Waals surface area contributed by atoms with Gasteiger partial charge in [-0.15, -0.1) is 0 Å². The van der Waals surface area contributed by atoms with Crippen LogP contribution in [0.3, 0.4) is 0 Å². The maximum absolute atomic E-state index is 10.3. The first-order valence-corrected chi connectivity index (χ1v) is 3.99. The molecule has 1 rings (SSSR count). The molecule has 4 heteroatoms. The average Bonchev–Trinajstić information content (AvgIpc) is 1.87. The van der Waals surface area contributed by atoms with Gasteiger partial charge in [0.1, 0.15) is 10.6 Å². The molecular formula is C6H9Cl2NO. The summed E-state index contributed by atoms with van der Waals surface area (Å²) in [6.45, 7) is 0.824. The van der Waals surface area contributed by atoms with Gasteiger partial charge in [-0.1, -0.05) is 23.2 Å². The molecule has 1 unspecified atom stereocenters. The van der Waals surface area contributed by atoms with Gasteiger partial charge in [0.05, 0.1) is 6.04 Å². The van der Waals surface area contributed by atoms with Gasteiger partial charge in [0.2, 0.25) is 0 Å². The summed E-state index contributed by atoms with van der Waals surface area (Å²) in [6, 6.07) is -0.399. The third-order valence-electron chi connectivity index (χ3n) is 1.64. The summed E-state index contributed by atoms with van der Waals surface area (Å²) in [4.78, 5) is 10.3. The summed E-state index contributed by atoms with van der Waals surface area (Å²) in [5.41, 5.74) is 0. The highest BCUT2D eigenvalue weighted by Gasteiger charge is 2.36. The molecule has 1 N–H and O–H groups in total. The van der Waals surface area contributed by atoms with E-state index in [-0.39, 0.29) is 0 Å². The number of halogens is 2. The van der Waals surface area contributed by atoms with Crippen LogP contribution in [-0.2, 0) is 4.79 Å². The average molecular weight is 182 g/mol. The van der Waals surface area contributed by atoms with E-state index in [4.69, 9.17) is 23.2 Å². The van der Waals surface area contributed by atoms with Crippen molar-refractivity contribution in [3.8, 4) is 0 Å². The lowest BCUT2D eigenvalue weighted by atomic mass is 10.1. The lowest BCUT2D eigenvalue weighted by Gasteiger charge is -2.31. The second kappa shape index (κ2) is 3.07. The molecule has 1 heterocycles. The molecule has 0 saturated carbocycles. The number of carbonyl (C=O) groups is 1. The highest BCUT2D eigenvalue weighted by molar-refractivity contribution is 6.49. The minimum atomic E-state index is -0.889. The van der Waals surface area contributed by atoms with E-state index in [1.807, 2.05) is 0 Å². The van der Waals surface area contributed by atoms with E-state index in [0.29, 0.717) is 6.42 Å². The number of piperidine rings is 1. The van der Waals surface area contributed by atoms with Crippen LogP contribution in [0.25, 0.3) is 0 Å². The van der Waals surface area contributed by atoms with E-state index < -0.39 is 10.4 Å². The second-order valence-electron chi connectivity index (χ2n) is 2.43. The summed E-state index contributed by atoms with van der Waals surface area (Å²) in [6.07, 6.45) is 2.38. The van der Waals surface area contributed by atoms with Crippen molar-refractivity contribution in [3.63, 3.8) is 0 Å². The molecular weight excluding hydrogens is 173 g/mol. The van der Waals surface area contributed by atoms with Crippen LogP contribution in [0.5, 0.6) is 0 Å². The van der Waals surface area contributed by atoms with Gasteiger partial charge in [-0.2, -0.15) is 0 Å². The number of carbonyl (C=O) groups excluding carboxylic acids is 1. The van der Waals surface area contributed by atoms with Gasteiger partial charge < -0.3 is 10.1 Å². The normalized spacial score (nSPS) is 31.6. The van der Waals surface area contributed by atoms with E-state index in [1.165, 1.54) is 0 Å². The Morgan fingerprint density at radius 2 is 2.30 bits per heavy atom. The Hall–Kier alpha value is 0.210. The van der Waals surface area contributed by atoms with Gasteiger partial charge in [0, 0.05) is 0 Å². The van der Waals surface area contributed by atoms with Gasteiger partial charge in [0.15, 0.2) is 0 Å². The zero-order chi connectivity index (χ0) is 7.61. The van der Waals surface area contributed by atoms with Gasteiger partial charge in [0.25, 0.3) is 0 Å². The zero-order valence-corrected chi connectivity index (χ0v) is 6.95. The number of alkyl halides is 2. The fraction of sp³-hybridized carbons (Fsp3) is 0.833. The van der Waals surface area contributed by atoms with Crippen LogP contribution in [0.1, 0.15) is 12.8 Å². The van der Waals surface area contributed by atoms with Crippen LogP contribution in [0.15, 0.2) is 0 Å². The zero-order valence-electron chi connectivity index (χ0n) is 5.44. The third-order valence-corrected chi connectivity index (χ3v) is 2.49. The van der Waals surface area contributed by atoms with Crippen molar-refractivity contribution in [1.82, 2.24) is 5.32 Å². The lowest BCUT2D eigenvalue weighted by Crippen LogP contribution is -2.49. The Balaban J connectivity index is 2.59. The maximum atomic E-state index is 10.3. The molecule has 0 aromatic carbocycles. The van der Waals surface area contributed by atoms with Crippen LogP contribution in [0.2, 0.25) is 0 Å². The Morgan fingerprint density at radius 3 is 2.70 bits per heavy atom. The van der Waals surface area contributed by atoms with Gasteiger partial charge in [-0.3, -0.25) is 0 Å². The number of rotatable bonds is 1. The van der Waals surface area contributed by atoms with Crippen LogP contribution in [0, 0.1) is 0 Å². The predicted octanol–water partition coefficient (Wildman–Crippen LogP) is 1.11. The van der Waals surface area contributed by atoms with Crippen molar-refractivity contribution in [2.45, 2.75) is 23.2 Å². The molecule has 0 aromatic heterocycles. The Labute approximate surface area is 69.9 Å². The molecule has 1 atom stereocenters. The molecule has 0 aromatic rings. The second-order valence-corrected chi connectivity index (χ2v) is 3.97.